The summed E-state index contributed by atoms with van der Waals surface area (Å²) in [5.74, 6) is 0.781. The molecule has 1 amide bonds. The average Bonchev–Trinajstić information content (AvgIpc) is 3.33. The van der Waals surface area contributed by atoms with Crippen LogP contribution in [0.3, 0.4) is 0 Å². The minimum absolute atomic E-state index is 0.0200. The van der Waals surface area contributed by atoms with Gasteiger partial charge in [-0.25, -0.2) is 9.67 Å². The van der Waals surface area contributed by atoms with E-state index in [-0.39, 0.29) is 5.91 Å². The average molecular weight is 369 g/mol. The number of carbonyl (C=O) groups is 1. The molecule has 1 aliphatic rings. The number of nitrogens with one attached hydrogen (secondary N) is 1. The van der Waals surface area contributed by atoms with Gasteiger partial charge >= 0.3 is 0 Å². The molecule has 0 saturated heterocycles. The van der Waals surface area contributed by atoms with E-state index in [1.54, 1.807) is 17.5 Å². The minimum Gasteiger partial charge on any atom is -0.310 e. The van der Waals surface area contributed by atoms with E-state index >= 15 is 0 Å². The van der Waals surface area contributed by atoms with Crippen molar-refractivity contribution in [3.8, 4) is 0 Å². The van der Waals surface area contributed by atoms with E-state index in [1.165, 1.54) is 17.5 Å². The number of rotatable bonds is 6. The van der Waals surface area contributed by atoms with Crippen molar-refractivity contribution >= 4 is 33.3 Å². The lowest BCUT2D eigenvalue weighted by Gasteiger charge is -2.17. The van der Waals surface area contributed by atoms with E-state index in [2.05, 4.69) is 21.5 Å². The Hall–Kier alpha value is -2.25. The topological polar surface area (TPSA) is 63.1 Å². The predicted octanol–water partition coefficient (Wildman–Crippen LogP) is 3.68. The van der Waals surface area contributed by atoms with Crippen LogP contribution in [0.4, 0.5) is 5.82 Å². The Morgan fingerprint density at radius 1 is 1.31 bits per heavy atom. The Labute approximate surface area is 156 Å². The van der Waals surface area contributed by atoms with E-state index in [0.717, 1.165) is 29.2 Å². The first-order valence-corrected chi connectivity index (χ1v) is 9.87. The third kappa shape index (κ3) is 3.78. The number of benzene rings is 1. The second-order valence-corrected chi connectivity index (χ2v) is 8.01. The Morgan fingerprint density at radius 2 is 2.12 bits per heavy atom. The summed E-state index contributed by atoms with van der Waals surface area (Å²) in [7, 11) is 1.94. The molecule has 3 aromatic rings. The van der Waals surface area contributed by atoms with E-state index in [0.29, 0.717) is 19.1 Å². The van der Waals surface area contributed by atoms with Crippen LogP contribution in [-0.4, -0.2) is 39.2 Å². The van der Waals surface area contributed by atoms with Gasteiger partial charge in [-0.05, 0) is 32.0 Å². The number of hydrogen-bond acceptors (Lipinski definition) is 5. The molecule has 7 heteroatoms. The second-order valence-electron chi connectivity index (χ2n) is 6.90. The molecule has 0 atom stereocenters. The molecule has 4 rings (SSSR count). The number of hydrogen-bond donors (Lipinski definition) is 1. The summed E-state index contributed by atoms with van der Waals surface area (Å²) in [6.45, 7) is 0.987. The van der Waals surface area contributed by atoms with Gasteiger partial charge in [0.25, 0.3) is 0 Å². The molecule has 0 bridgehead atoms. The minimum atomic E-state index is -0.0200. The number of para-hydroxylation sites is 1. The fourth-order valence-corrected chi connectivity index (χ4v) is 4.60. The van der Waals surface area contributed by atoms with E-state index < -0.39 is 0 Å². The van der Waals surface area contributed by atoms with Gasteiger partial charge < -0.3 is 5.32 Å². The number of fused-ring (bicyclic) bond motifs is 1. The van der Waals surface area contributed by atoms with Crippen LogP contribution in [-0.2, 0) is 11.3 Å². The van der Waals surface area contributed by atoms with Gasteiger partial charge in [0.15, 0.2) is 0 Å². The molecule has 0 spiro atoms. The van der Waals surface area contributed by atoms with Gasteiger partial charge in [-0.1, -0.05) is 25.0 Å². The van der Waals surface area contributed by atoms with Crippen LogP contribution in [0.15, 0.2) is 36.5 Å². The lowest BCUT2D eigenvalue weighted by atomic mass is 10.2. The van der Waals surface area contributed by atoms with Crippen LogP contribution < -0.4 is 5.32 Å². The zero-order valence-electron chi connectivity index (χ0n) is 14.9. The molecule has 2 aromatic heterocycles. The van der Waals surface area contributed by atoms with E-state index in [9.17, 15) is 4.79 Å². The summed E-state index contributed by atoms with van der Waals surface area (Å²) < 4.78 is 3.15. The first kappa shape index (κ1) is 17.2. The number of thiazole rings is 1. The lowest BCUT2D eigenvalue weighted by molar-refractivity contribution is -0.117. The highest BCUT2D eigenvalue weighted by molar-refractivity contribution is 7.18. The van der Waals surface area contributed by atoms with Crippen molar-refractivity contribution in [3.63, 3.8) is 0 Å². The van der Waals surface area contributed by atoms with E-state index in [4.69, 9.17) is 0 Å². The summed E-state index contributed by atoms with van der Waals surface area (Å²) in [5, 5.41) is 8.44. The fourth-order valence-electron chi connectivity index (χ4n) is 3.55. The molecule has 1 N–H and O–H groups in total. The summed E-state index contributed by atoms with van der Waals surface area (Å²) in [4.78, 5) is 19.1. The van der Waals surface area contributed by atoms with Gasteiger partial charge in [0.05, 0.1) is 35.5 Å². The normalized spacial score (nSPS) is 15.2. The maximum atomic E-state index is 12.4. The zero-order valence-corrected chi connectivity index (χ0v) is 15.7. The maximum absolute atomic E-state index is 12.4. The highest BCUT2D eigenvalue weighted by Crippen LogP contribution is 2.31. The third-order valence-electron chi connectivity index (χ3n) is 4.77. The van der Waals surface area contributed by atoms with Crippen molar-refractivity contribution in [1.82, 2.24) is 19.7 Å². The fraction of sp³-hybridized carbons (Fsp3) is 0.421. The Morgan fingerprint density at radius 3 is 2.92 bits per heavy atom. The predicted molar refractivity (Wildman–Crippen MR) is 104 cm³/mol. The monoisotopic (exact) mass is 369 g/mol. The number of aromatic nitrogens is 3. The summed E-state index contributed by atoms with van der Waals surface area (Å²) in [6.07, 6.45) is 6.52. The third-order valence-corrected chi connectivity index (χ3v) is 5.79. The molecule has 1 saturated carbocycles. The SMILES string of the molecule is CN(CC(=O)Nc1ccnn1C1CCCC1)Cc1nc2ccccc2s1. The van der Waals surface area contributed by atoms with Crippen molar-refractivity contribution in [3.05, 3.63) is 41.5 Å². The standard InChI is InChI=1S/C19H23N5OS/c1-23(13-19-21-15-8-4-5-9-16(15)26-19)12-18(25)22-17-10-11-20-24(17)14-6-2-3-7-14/h4-5,8-11,14H,2-3,6-7,12-13H2,1H3,(H,22,25). The molecular formula is C19H23N5OS. The van der Waals surface area contributed by atoms with Crippen molar-refractivity contribution in [2.24, 2.45) is 0 Å². The molecule has 0 unspecified atom stereocenters. The van der Waals surface area contributed by atoms with Crippen LogP contribution in [0, 0.1) is 0 Å². The van der Waals surface area contributed by atoms with Crippen LogP contribution in [0.1, 0.15) is 36.7 Å². The lowest BCUT2D eigenvalue weighted by Crippen LogP contribution is -2.30. The van der Waals surface area contributed by atoms with Crippen LogP contribution in [0.25, 0.3) is 10.2 Å². The molecule has 1 aliphatic carbocycles. The van der Waals surface area contributed by atoms with Crippen molar-refractivity contribution in [1.29, 1.82) is 0 Å². The molecule has 0 aliphatic heterocycles. The molecule has 2 heterocycles. The molecule has 1 fully saturated rings. The number of nitrogens with zero attached hydrogens (tertiary/aromatic N) is 4. The largest absolute Gasteiger partial charge is 0.310 e. The molecule has 26 heavy (non-hydrogen) atoms. The van der Waals surface area contributed by atoms with Crippen LogP contribution in [0.5, 0.6) is 0 Å². The van der Waals surface area contributed by atoms with Gasteiger partial charge in [0.2, 0.25) is 5.91 Å². The smallest absolute Gasteiger partial charge is 0.239 e. The molecular weight excluding hydrogens is 346 g/mol. The zero-order chi connectivity index (χ0) is 17.9. The van der Waals surface area contributed by atoms with Crippen LogP contribution >= 0.6 is 11.3 Å². The van der Waals surface area contributed by atoms with Crippen LogP contribution in [0.2, 0.25) is 0 Å². The molecule has 0 radical (unpaired) electrons. The second kappa shape index (κ2) is 7.55. The van der Waals surface area contributed by atoms with Crippen molar-refractivity contribution in [2.75, 3.05) is 18.9 Å². The van der Waals surface area contributed by atoms with Gasteiger partial charge in [-0.2, -0.15) is 5.10 Å². The number of likely N-dealkylation sites (N-methyl/N-ethyl adjacent to an activating group) is 1. The number of amides is 1. The molecule has 136 valence electrons. The maximum Gasteiger partial charge on any atom is 0.239 e. The quantitative estimate of drug-likeness (QED) is 0.720. The number of carbonyl (C=O) groups excluding carboxylic acids is 1. The first-order chi connectivity index (χ1) is 12.7. The molecule has 1 aromatic carbocycles. The Kier molecular flexibility index (Phi) is 4.99. The first-order valence-electron chi connectivity index (χ1n) is 9.05. The Bertz CT molecular complexity index is 863. The van der Waals surface area contributed by atoms with Gasteiger partial charge in [-0.3, -0.25) is 9.69 Å². The number of anilines is 1. The van der Waals surface area contributed by atoms with Crippen molar-refractivity contribution in [2.45, 2.75) is 38.3 Å². The van der Waals surface area contributed by atoms with Gasteiger partial charge in [0, 0.05) is 6.07 Å². The van der Waals surface area contributed by atoms with E-state index in [1.807, 2.05) is 40.9 Å². The molecule has 6 nitrogen and oxygen atoms in total. The Balaban J connectivity index is 1.35. The van der Waals surface area contributed by atoms with Gasteiger partial charge in [-0.15, -0.1) is 11.3 Å². The summed E-state index contributed by atoms with van der Waals surface area (Å²) in [6, 6.07) is 10.4. The van der Waals surface area contributed by atoms with Crippen molar-refractivity contribution < 1.29 is 4.79 Å². The highest BCUT2D eigenvalue weighted by atomic mass is 32.1. The summed E-state index contributed by atoms with van der Waals surface area (Å²) in [5.41, 5.74) is 1.02. The highest BCUT2D eigenvalue weighted by Gasteiger charge is 2.20. The van der Waals surface area contributed by atoms with Gasteiger partial charge in [0.1, 0.15) is 10.8 Å². The summed E-state index contributed by atoms with van der Waals surface area (Å²) >= 11 is 1.68.